The molecule has 3 aliphatic rings. The highest BCUT2D eigenvalue weighted by atomic mass is 14.5. The molecule has 3 aliphatic carbocycles. The molecule has 1 saturated carbocycles. The van der Waals surface area contributed by atoms with Crippen molar-refractivity contribution in [2.24, 2.45) is 11.8 Å². The molecule has 22 heavy (non-hydrogen) atoms. The summed E-state index contributed by atoms with van der Waals surface area (Å²) < 4.78 is 0. The van der Waals surface area contributed by atoms with Gasteiger partial charge in [-0.1, -0.05) is 49.4 Å². The van der Waals surface area contributed by atoms with Crippen LogP contribution in [0.2, 0.25) is 0 Å². The van der Waals surface area contributed by atoms with E-state index < -0.39 is 0 Å². The van der Waals surface area contributed by atoms with Gasteiger partial charge < -0.3 is 0 Å². The predicted octanol–water partition coefficient (Wildman–Crippen LogP) is 5.57. The first-order valence-electron chi connectivity index (χ1n) is 9.03. The highest BCUT2D eigenvalue weighted by Gasteiger charge is 2.50. The van der Waals surface area contributed by atoms with Crippen LogP contribution < -0.4 is 0 Å². The molecule has 0 heterocycles. The maximum Gasteiger partial charge on any atom is 0.00246 e. The molecule has 0 heteroatoms. The molecule has 2 aromatic rings. The number of hydrogen-bond acceptors (Lipinski definition) is 0. The third-order valence-corrected chi connectivity index (χ3v) is 6.65. The molecule has 5 rings (SSSR count). The largest absolute Gasteiger partial charge is 0.0851 e. The van der Waals surface area contributed by atoms with E-state index >= 15 is 0 Å². The first-order chi connectivity index (χ1) is 10.8. The molecule has 112 valence electrons. The van der Waals surface area contributed by atoms with Crippen LogP contribution in [-0.2, 0) is 18.3 Å². The fourth-order valence-electron chi connectivity index (χ4n) is 5.57. The molecular formula is C22H24. The van der Waals surface area contributed by atoms with E-state index in [4.69, 9.17) is 0 Å². The standard InChI is InChI=1S/C22H24/c1-2-15-5-7-17-12-18-4-3-9-22(21(18)13-19(17)10-15)14-16-6-8-20(22)11-16/h5-8,10,12-13,16,20H,2-4,9,11,14H2,1H3. The van der Waals surface area contributed by atoms with Gasteiger partial charge in [0.25, 0.3) is 0 Å². The molecule has 0 saturated heterocycles. The summed E-state index contributed by atoms with van der Waals surface area (Å²) in [6.45, 7) is 2.25. The van der Waals surface area contributed by atoms with Gasteiger partial charge in [0.15, 0.2) is 0 Å². The lowest BCUT2D eigenvalue weighted by Crippen LogP contribution is -2.35. The van der Waals surface area contributed by atoms with Crippen LogP contribution in [0.3, 0.4) is 0 Å². The van der Waals surface area contributed by atoms with E-state index in [9.17, 15) is 0 Å². The normalized spacial score (nSPS) is 32.0. The first-order valence-corrected chi connectivity index (χ1v) is 9.03. The fourth-order valence-corrected chi connectivity index (χ4v) is 5.57. The van der Waals surface area contributed by atoms with Gasteiger partial charge in [0, 0.05) is 5.41 Å². The van der Waals surface area contributed by atoms with E-state index in [1.165, 1.54) is 48.4 Å². The van der Waals surface area contributed by atoms with E-state index in [1.807, 2.05) is 0 Å². The van der Waals surface area contributed by atoms with Gasteiger partial charge in [0.2, 0.25) is 0 Å². The predicted molar refractivity (Wildman–Crippen MR) is 93.3 cm³/mol. The summed E-state index contributed by atoms with van der Waals surface area (Å²) in [5.41, 5.74) is 5.29. The van der Waals surface area contributed by atoms with Crippen molar-refractivity contribution >= 4 is 10.8 Å². The Morgan fingerprint density at radius 3 is 2.82 bits per heavy atom. The van der Waals surface area contributed by atoms with Gasteiger partial charge in [-0.3, -0.25) is 0 Å². The number of benzene rings is 2. The summed E-state index contributed by atoms with van der Waals surface area (Å²) in [5, 5.41) is 2.90. The third kappa shape index (κ3) is 1.64. The SMILES string of the molecule is CCc1ccc2cc3c(cc2c1)C1(CCC3)CC2C=CC1C2. The maximum absolute atomic E-state index is 2.57. The van der Waals surface area contributed by atoms with Crippen molar-refractivity contribution in [2.45, 2.75) is 50.9 Å². The van der Waals surface area contributed by atoms with Crippen molar-refractivity contribution in [3.05, 3.63) is 59.2 Å². The number of hydrogen-bond donors (Lipinski definition) is 0. The summed E-state index contributed by atoms with van der Waals surface area (Å²) in [5.74, 6) is 1.66. The molecule has 0 nitrogen and oxygen atoms in total. The van der Waals surface area contributed by atoms with Gasteiger partial charge in [-0.05, 0) is 77.8 Å². The molecule has 3 unspecified atom stereocenters. The zero-order valence-electron chi connectivity index (χ0n) is 13.4. The molecule has 2 aromatic carbocycles. The third-order valence-electron chi connectivity index (χ3n) is 6.65. The van der Waals surface area contributed by atoms with E-state index in [-0.39, 0.29) is 0 Å². The number of aryl methyl sites for hydroxylation is 2. The average molecular weight is 288 g/mol. The fraction of sp³-hybridized carbons (Fsp3) is 0.455. The van der Waals surface area contributed by atoms with Crippen molar-refractivity contribution < 1.29 is 0 Å². The molecule has 0 aliphatic heterocycles. The zero-order chi connectivity index (χ0) is 14.7. The molecule has 0 N–H and O–H groups in total. The van der Waals surface area contributed by atoms with Crippen molar-refractivity contribution in [2.75, 3.05) is 0 Å². The van der Waals surface area contributed by atoms with E-state index in [2.05, 4.69) is 49.4 Å². The van der Waals surface area contributed by atoms with Gasteiger partial charge in [-0.25, -0.2) is 0 Å². The minimum atomic E-state index is 0.476. The van der Waals surface area contributed by atoms with Gasteiger partial charge in [0.1, 0.15) is 0 Å². The van der Waals surface area contributed by atoms with Crippen LogP contribution in [0.1, 0.15) is 49.3 Å². The van der Waals surface area contributed by atoms with Crippen LogP contribution in [0.4, 0.5) is 0 Å². The summed E-state index contributed by atoms with van der Waals surface area (Å²) in [6, 6.07) is 12.1. The van der Waals surface area contributed by atoms with Gasteiger partial charge in [0.05, 0.1) is 0 Å². The second kappa shape index (κ2) is 4.47. The van der Waals surface area contributed by atoms with Crippen molar-refractivity contribution in [1.82, 2.24) is 0 Å². The molecule has 2 bridgehead atoms. The minimum Gasteiger partial charge on any atom is -0.0851 e. The first kappa shape index (κ1) is 12.9. The summed E-state index contributed by atoms with van der Waals surface area (Å²) in [4.78, 5) is 0. The molecule has 0 aromatic heterocycles. The average Bonchev–Trinajstić information content (AvgIpc) is 3.14. The van der Waals surface area contributed by atoms with E-state index in [0.29, 0.717) is 5.41 Å². The molecule has 0 radical (unpaired) electrons. The Kier molecular flexibility index (Phi) is 2.63. The Morgan fingerprint density at radius 2 is 2.05 bits per heavy atom. The van der Waals surface area contributed by atoms with Crippen LogP contribution in [0, 0.1) is 11.8 Å². The van der Waals surface area contributed by atoms with E-state index in [1.54, 1.807) is 11.1 Å². The van der Waals surface area contributed by atoms with E-state index in [0.717, 1.165) is 18.3 Å². The monoisotopic (exact) mass is 288 g/mol. The lowest BCUT2D eigenvalue weighted by Gasteiger charge is -2.41. The Labute approximate surface area is 133 Å². The molecular weight excluding hydrogens is 264 g/mol. The molecule has 1 fully saturated rings. The molecule has 1 spiro atoms. The summed E-state index contributed by atoms with van der Waals surface area (Å²) >= 11 is 0. The van der Waals surface area contributed by atoms with Gasteiger partial charge >= 0.3 is 0 Å². The van der Waals surface area contributed by atoms with Crippen LogP contribution >= 0.6 is 0 Å². The smallest absolute Gasteiger partial charge is 0.00246 e. The number of allylic oxidation sites excluding steroid dienone is 2. The van der Waals surface area contributed by atoms with Gasteiger partial charge in [-0.15, -0.1) is 0 Å². The molecule has 3 atom stereocenters. The molecule has 0 amide bonds. The van der Waals surface area contributed by atoms with Crippen molar-refractivity contribution in [3.8, 4) is 0 Å². The van der Waals surface area contributed by atoms with Gasteiger partial charge in [-0.2, -0.15) is 0 Å². The highest BCUT2D eigenvalue weighted by Crippen LogP contribution is 2.58. The van der Waals surface area contributed by atoms with Crippen molar-refractivity contribution in [1.29, 1.82) is 0 Å². The second-order valence-corrected chi connectivity index (χ2v) is 7.75. The summed E-state index contributed by atoms with van der Waals surface area (Å²) in [7, 11) is 0. The lowest BCUT2D eigenvalue weighted by atomic mass is 9.63. The zero-order valence-corrected chi connectivity index (χ0v) is 13.4. The highest BCUT2D eigenvalue weighted by molar-refractivity contribution is 5.85. The minimum absolute atomic E-state index is 0.476. The van der Waals surface area contributed by atoms with Crippen molar-refractivity contribution in [3.63, 3.8) is 0 Å². The number of fused-ring (bicyclic) bond motifs is 6. The van der Waals surface area contributed by atoms with Crippen LogP contribution in [0.5, 0.6) is 0 Å². The topological polar surface area (TPSA) is 0 Å². The van der Waals surface area contributed by atoms with Crippen LogP contribution in [-0.4, -0.2) is 0 Å². The Balaban J connectivity index is 1.73. The Morgan fingerprint density at radius 1 is 1.09 bits per heavy atom. The lowest BCUT2D eigenvalue weighted by molar-refractivity contribution is 0.304. The van der Waals surface area contributed by atoms with Crippen LogP contribution in [0.25, 0.3) is 10.8 Å². The maximum atomic E-state index is 2.57. The Bertz CT molecular complexity index is 782. The number of rotatable bonds is 1. The Hall–Kier alpha value is -1.56. The quantitative estimate of drug-likeness (QED) is 0.602. The van der Waals surface area contributed by atoms with Crippen LogP contribution in [0.15, 0.2) is 42.5 Å². The second-order valence-electron chi connectivity index (χ2n) is 7.75. The summed E-state index contributed by atoms with van der Waals surface area (Å²) in [6.07, 6.45) is 13.0.